The van der Waals surface area contributed by atoms with Crippen molar-refractivity contribution in [1.82, 2.24) is 0 Å². The lowest BCUT2D eigenvalue weighted by Gasteiger charge is -2.53. The Morgan fingerprint density at radius 3 is 1.43 bits per heavy atom. The lowest BCUT2D eigenvalue weighted by molar-refractivity contribution is -0.395. The first-order valence-electron chi connectivity index (χ1n) is 26.2. The quantitative estimate of drug-likeness (QED) is 0.0573. The van der Waals surface area contributed by atoms with Crippen molar-refractivity contribution in [3.63, 3.8) is 0 Å². The number of rotatable bonds is 23. The molecule has 0 unspecified atom stereocenters. The largest absolute Gasteiger partial charge is 0.406 e. The summed E-state index contributed by atoms with van der Waals surface area (Å²) in [6.07, 6.45) is -8.44. The normalized spacial score (nSPS) is 26.4. The van der Waals surface area contributed by atoms with Gasteiger partial charge in [-0.05, 0) is 51.9 Å². The van der Waals surface area contributed by atoms with E-state index in [2.05, 4.69) is 77.2 Å². The van der Waals surface area contributed by atoms with Crippen LogP contribution in [0.4, 0.5) is 0 Å². The minimum absolute atomic E-state index is 0.133. The van der Waals surface area contributed by atoms with Crippen molar-refractivity contribution in [2.45, 2.75) is 147 Å². The van der Waals surface area contributed by atoms with Crippen LogP contribution in [0.3, 0.4) is 0 Å². The molecular formula is C62H74O11Si. The topological polar surface area (TPSA) is 102 Å². The predicted octanol–water partition coefficient (Wildman–Crippen LogP) is 12.2. The van der Waals surface area contributed by atoms with Crippen LogP contribution >= 0.6 is 0 Å². The summed E-state index contributed by atoms with van der Waals surface area (Å²) in [5.41, 5.74) is 5.90. The van der Waals surface area contributed by atoms with Crippen LogP contribution in [0, 0.1) is 5.92 Å². The van der Waals surface area contributed by atoms with Gasteiger partial charge in [0.25, 0.3) is 0 Å². The van der Waals surface area contributed by atoms with E-state index >= 15 is 0 Å². The molecule has 6 aromatic carbocycles. The van der Waals surface area contributed by atoms with Gasteiger partial charge in [-0.15, -0.1) is 0 Å². The minimum atomic E-state index is -2.67. The van der Waals surface area contributed by atoms with Gasteiger partial charge in [-0.3, -0.25) is 0 Å². The molecule has 11 atom stereocenters. The Morgan fingerprint density at radius 1 is 0.486 bits per heavy atom. The van der Waals surface area contributed by atoms with Crippen molar-refractivity contribution in [2.75, 3.05) is 13.2 Å². The number of benzene rings is 6. The Bertz CT molecular complexity index is 2540. The molecule has 3 aliphatic heterocycles. The van der Waals surface area contributed by atoms with Crippen molar-refractivity contribution in [3.05, 3.63) is 215 Å². The zero-order valence-electron chi connectivity index (χ0n) is 43.7. The van der Waals surface area contributed by atoms with E-state index < -0.39 is 76.0 Å². The van der Waals surface area contributed by atoms with Crippen molar-refractivity contribution < 1.29 is 51.8 Å². The molecule has 0 aliphatic carbocycles. The molecule has 0 radical (unpaired) electrons. The molecular weight excluding hydrogens is 949 g/mol. The van der Waals surface area contributed by atoms with Crippen molar-refractivity contribution in [2.24, 2.45) is 5.92 Å². The first-order chi connectivity index (χ1) is 36.0. The van der Waals surface area contributed by atoms with E-state index in [0.29, 0.717) is 19.1 Å². The summed E-state index contributed by atoms with van der Waals surface area (Å²) in [6, 6.07) is 60.6. The standard InChI is InChI=1S/C62H74O11Si/c1-44(2)62(3,4)74(5,6)73-58-56(65-39-47-29-17-9-18-30-47)53(51(42-63-37-45-25-13-7-14-26-45)69-60(58)67-41-49-33-21-11-22-34-49)72-61-57(66-40-48-31-19-10-20-32-48)55(64-38-46-27-15-8-16-28-46)54-52(70-61)43-68-59(71-54)50-35-23-12-24-36-50/h7-36,44,51-61H,37-43H2,1-6H3/t51-,52-,53-,54+,55+,56+,57-,58-,59+,60-,61+/m1/s1. The maximum absolute atomic E-state index is 7.64. The highest BCUT2D eigenvalue weighted by molar-refractivity contribution is 6.74. The molecule has 3 aliphatic rings. The summed E-state index contributed by atoms with van der Waals surface area (Å²) in [5.74, 6) is 0.313. The molecule has 3 saturated heterocycles. The monoisotopic (exact) mass is 1020 g/mol. The van der Waals surface area contributed by atoms with Crippen LogP contribution in [-0.4, -0.2) is 82.9 Å². The molecule has 0 saturated carbocycles. The van der Waals surface area contributed by atoms with E-state index in [9.17, 15) is 0 Å². The van der Waals surface area contributed by atoms with E-state index in [1.165, 1.54) is 0 Å². The molecule has 0 bridgehead atoms. The summed E-state index contributed by atoms with van der Waals surface area (Å²) in [7, 11) is -2.67. The third-order valence-electron chi connectivity index (χ3n) is 15.2. The summed E-state index contributed by atoms with van der Waals surface area (Å²) in [4.78, 5) is 0. The van der Waals surface area contributed by atoms with Crippen LogP contribution in [0.25, 0.3) is 0 Å². The second-order valence-corrected chi connectivity index (χ2v) is 25.5. The summed E-state index contributed by atoms with van der Waals surface area (Å²) < 4.78 is 78.0. The highest BCUT2D eigenvalue weighted by atomic mass is 28.4. The first kappa shape index (κ1) is 53.9. The maximum Gasteiger partial charge on any atom is 0.193 e. The number of hydrogen-bond acceptors (Lipinski definition) is 11. The molecule has 9 rings (SSSR count). The van der Waals surface area contributed by atoms with Gasteiger partial charge in [-0.1, -0.05) is 210 Å². The van der Waals surface area contributed by atoms with Gasteiger partial charge in [0.05, 0.1) is 46.2 Å². The molecule has 12 heteroatoms. The second-order valence-electron chi connectivity index (χ2n) is 20.9. The average molecular weight is 1020 g/mol. The molecule has 3 heterocycles. The predicted molar refractivity (Wildman–Crippen MR) is 286 cm³/mol. The Balaban J connectivity index is 1.13. The third-order valence-corrected chi connectivity index (χ3v) is 19.7. The van der Waals surface area contributed by atoms with E-state index in [1.807, 2.05) is 146 Å². The van der Waals surface area contributed by atoms with Gasteiger partial charge >= 0.3 is 0 Å². The molecule has 0 aromatic heterocycles. The summed E-state index contributed by atoms with van der Waals surface area (Å²) in [5, 5.41) is -0.174. The fraction of sp³-hybridized carbons (Fsp3) is 0.419. The zero-order valence-corrected chi connectivity index (χ0v) is 44.7. The van der Waals surface area contributed by atoms with Crippen molar-refractivity contribution in [1.29, 1.82) is 0 Å². The molecule has 6 aromatic rings. The van der Waals surface area contributed by atoms with Crippen LogP contribution in [0.1, 0.15) is 67.4 Å². The first-order valence-corrected chi connectivity index (χ1v) is 29.1. The number of hydrogen-bond donors (Lipinski definition) is 0. The van der Waals surface area contributed by atoms with E-state index in [1.54, 1.807) is 0 Å². The van der Waals surface area contributed by atoms with Crippen LogP contribution < -0.4 is 0 Å². The Morgan fingerprint density at radius 2 is 0.932 bits per heavy atom. The molecule has 11 nitrogen and oxygen atoms in total. The number of ether oxygens (including phenoxy) is 10. The van der Waals surface area contributed by atoms with E-state index in [4.69, 9.17) is 51.8 Å². The van der Waals surface area contributed by atoms with Crippen molar-refractivity contribution >= 4 is 8.32 Å². The smallest absolute Gasteiger partial charge is 0.193 e. The second kappa shape index (κ2) is 25.8. The highest BCUT2D eigenvalue weighted by Gasteiger charge is 2.57. The Labute approximate surface area is 439 Å². The lowest BCUT2D eigenvalue weighted by atomic mass is 9.95. The van der Waals surface area contributed by atoms with Crippen LogP contribution in [-0.2, 0) is 84.8 Å². The molecule has 392 valence electrons. The van der Waals surface area contributed by atoms with Gasteiger partial charge < -0.3 is 51.8 Å². The van der Waals surface area contributed by atoms with Gasteiger partial charge in [-0.25, -0.2) is 0 Å². The molecule has 3 fully saturated rings. The lowest BCUT2D eigenvalue weighted by Crippen LogP contribution is -2.68. The van der Waals surface area contributed by atoms with Crippen LogP contribution in [0.2, 0.25) is 18.1 Å². The third kappa shape index (κ3) is 13.7. The summed E-state index contributed by atoms with van der Waals surface area (Å²) >= 11 is 0. The van der Waals surface area contributed by atoms with E-state index in [-0.39, 0.29) is 38.1 Å². The number of fused-ring (bicyclic) bond motifs is 1. The van der Waals surface area contributed by atoms with Gasteiger partial charge in [0, 0.05) is 5.56 Å². The fourth-order valence-electron chi connectivity index (χ4n) is 9.69. The van der Waals surface area contributed by atoms with Crippen LogP contribution in [0.15, 0.2) is 182 Å². The molecule has 0 spiro atoms. The van der Waals surface area contributed by atoms with Gasteiger partial charge in [0.15, 0.2) is 27.2 Å². The minimum Gasteiger partial charge on any atom is -0.406 e. The summed E-state index contributed by atoms with van der Waals surface area (Å²) in [6.45, 7) is 15.5. The van der Waals surface area contributed by atoms with Crippen LogP contribution in [0.5, 0.6) is 0 Å². The maximum atomic E-state index is 7.64. The Hall–Kier alpha value is -4.90. The highest BCUT2D eigenvalue weighted by Crippen LogP contribution is 2.47. The van der Waals surface area contributed by atoms with Gasteiger partial charge in [0.1, 0.15) is 48.8 Å². The Kier molecular flexibility index (Phi) is 18.8. The molecule has 74 heavy (non-hydrogen) atoms. The fourth-order valence-corrected chi connectivity index (χ4v) is 12.3. The molecule has 0 amide bonds. The zero-order chi connectivity index (χ0) is 51.3. The SMILES string of the molecule is CC(C)C(C)(C)[Si](C)(C)O[C@H]1[C@H](OCc2ccccc2)O[C@H](COCc2ccccc2)[C@@H](O[C@@H]2O[C@@H]3CO[C@H](c4ccccc4)O[C@@H]3[C@H](OCc3ccccc3)[C@H]2OCc2ccccc2)[C@@H]1OCc1ccccc1. The van der Waals surface area contributed by atoms with Gasteiger partial charge in [-0.2, -0.15) is 0 Å². The van der Waals surface area contributed by atoms with Crippen molar-refractivity contribution in [3.8, 4) is 0 Å². The molecule has 0 N–H and O–H groups in total. The average Bonchev–Trinajstić information content (AvgIpc) is 3.43. The van der Waals surface area contributed by atoms with E-state index in [0.717, 1.165) is 33.4 Å². The van der Waals surface area contributed by atoms with Gasteiger partial charge in [0.2, 0.25) is 0 Å².